The van der Waals surface area contributed by atoms with Crippen LogP contribution in [0.15, 0.2) is 52.4 Å². The quantitative estimate of drug-likeness (QED) is 0.460. The Morgan fingerprint density at radius 1 is 1.27 bits per heavy atom. The molecule has 0 fully saturated rings. The van der Waals surface area contributed by atoms with E-state index in [2.05, 4.69) is 4.98 Å². The van der Waals surface area contributed by atoms with Crippen LogP contribution >= 0.6 is 11.8 Å². The number of rotatable bonds is 6. The smallest absolute Gasteiger partial charge is 0.262 e. The number of para-hydroxylation sites is 1. The summed E-state index contributed by atoms with van der Waals surface area (Å²) in [7, 11) is 1.56. The Morgan fingerprint density at radius 2 is 2.04 bits per heavy atom. The van der Waals surface area contributed by atoms with Gasteiger partial charge in [-0.2, -0.15) is 0 Å². The summed E-state index contributed by atoms with van der Waals surface area (Å²) >= 11 is 1.42. The number of hydrogen-bond donors (Lipinski definition) is 0. The van der Waals surface area contributed by atoms with Crippen molar-refractivity contribution in [1.29, 1.82) is 0 Å². The van der Waals surface area contributed by atoms with Crippen molar-refractivity contribution >= 4 is 22.7 Å². The Kier molecular flexibility index (Phi) is 5.61. The Labute approximate surface area is 156 Å². The van der Waals surface area contributed by atoms with E-state index >= 15 is 0 Å². The average molecular weight is 372 g/mol. The normalized spacial score (nSPS) is 12.3. The van der Waals surface area contributed by atoms with E-state index in [0.29, 0.717) is 27.6 Å². The van der Waals surface area contributed by atoms with E-state index in [1.165, 1.54) is 23.9 Å². The SMILES string of the molecule is CC[C@@H](C)n1c(SCc2cc(F)ccc2OC)nc2ccccc2c1=O. The molecule has 0 radical (unpaired) electrons. The van der Waals surface area contributed by atoms with E-state index in [4.69, 9.17) is 4.74 Å². The molecule has 26 heavy (non-hydrogen) atoms. The van der Waals surface area contributed by atoms with E-state index in [-0.39, 0.29) is 17.4 Å². The molecule has 0 unspecified atom stereocenters. The van der Waals surface area contributed by atoms with Gasteiger partial charge >= 0.3 is 0 Å². The fraction of sp³-hybridized carbons (Fsp3) is 0.300. The number of nitrogens with zero attached hydrogens (tertiary/aromatic N) is 2. The number of benzene rings is 2. The van der Waals surface area contributed by atoms with Gasteiger partial charge < -0.3 is 4.74 Å². The van der Waals surface area contributed by atoms with E-state index in [1.807, 2.05) is 32.0 Å². The van der Waals surface area contributed by atoms with Crippen molar-refractivity contribution in [1.82, 2.24) is 9.55 Å². The number of hydrogen-bond acceptors (Lipinski definition) is 4. The molecule has 1 aromatic heterocycles. The third-order valence-corrected chi connectivity index (χ3v) is 5.41. The fourth-order valence-corrected chi connectivity index (χ4v) is 3.88. The van der Waals surface area contributed by atoms with Crippen molar-refractivity contribution in [3.8, 4) is 5.75 Å². The monoisotopic (exact) mass is 372 g/mol. The largest absolute Gasteiger partial charge is 0.496 e. The van der Waals surface area contributed by atoms with E-state index in [1.54, 1.807) is 23.8 Å². The number of fused-ring (bicyclic) bond motifs is 1. The summed E-state index contributed by atoms with van der Waals surface area (Å²) < 4.78 is 20.7. The molecule has 4 nitrogen and oxygen atoms in total. The molecule has 136 valence electrons. The molecule has 0 amide bonds. The minimum absolute atomic E-state index is 0.0245. The summed E-state index contributed by atoms with van der Waals surface area (Å²) in [5, 5.41) is 1.25. The highest BCUT2D eigenvalue weighted by Gasteiger charge is 2.16. The van der Waals surface area contributed by atoms with Crippen molar-refractivity contribution in [3.63, 3.8) is 0 Å². The maximum Gasteiger partial charge on any atom is 0.262 e. The molecule has 0 spiro atoms. The molecule has 0 bridgehead atoms. The molecular formula is C20H21FN2O2S. The average Bonchev–Trinajstić information content (AvgIpc) is 2.66. The minimum Gasteiger partial charge on any atom is -0.496 e. The highest BCUT2D eigenvalue weighted by atomic mass is 32.2. The van der Waals surface area contributed by atoms with Gasteiger partial charge in [-0.25, -0.2) is 9.37 Å². The van der Waals surface area contributed by atoms with Crippen molar-refractivity contribution < 1.29 is 9.13 Å². The van der Waals surface area contributed by atoms with Gasteiger partial charge in [0.1, 0.15) is 11.6 Å². The number of aromatic nitrogens is 2. The van der Waals surface area contributed by atoms with Gasteiger partial charge in [-0.3, -0.25) is 9.36 Å². The molecule has 1 atom stereocenters. The lowest BCUT2D eigenvalue weighted by molar-refractivity contribution is 0.410. The summed E-state index contributed by atoms with van der Waals surface area (Å²) in [5.41, 5.74) is 1.36. The first-order chi connectivity index (χ1) is 12.5. The molecule has 6 heteroatoms. The van der Waals surface area contributed by atoms with Crippen LogP contribution in [0.25, 0.3) is 10.9 Å². The first-order valence-corrected chi connectivity index (χ1v) is 9.50. The molecular weight excluding hydrogens is 351 g/mol. The lowest BCUT2D eigenvalue weighted by Gasteiger charge is -2.18. The third-order valence-electron chi connectivity index (χ3n) is 4.41. The maximum atomic E-state index is 13.6. The van der Waals surface area contributed by atoms with E-state index < -0.39 is 0 Å². The zero-order valence-corrected chi connectivity index (χ0v) is 15.8. The van der Waals surface area contributed by atoms with Crippen LogP contribution in [0.4, 0.5) is 4.39 Å². The lowest BCUT2D eigenvalue weighted by Crippen LogP contribution is -2.26. The second-order valence-electron chi connectivity index (χ2n) is 6.09. The predicted molar refractivity (Wildman–Crippen MR) is 104 cm³/mol. The van der Waals surface area contributed by atoms with Crippen LogP contribution < -0.4 is 10.3 Å². The van der Waals surface area contributed by atoms with Gasteiger partial charge in [0.05, 0.1) is 18.0 Å². The van der Waals surface area contributed by atoms with Crippen molar-refractivity contribution in [2.24, 2.45) is 0 Å². The molecule has 0 aliphatic carbocycles. The zero-order valence-electron chi connectivity index (χ0n) is 15.0. The Balaban J connectivity index is 2.04. The van der Waals surface area contributed by atoms with Gasteiger partial charge in [-0.15, -0.1) is 0 Å². The summed E-state index contributed by atoms with van der Waals surface area (Å²) in [6.45, 7) is 4.04. The topological polar surface area (TPSA) is 44.1 Å². The standard InChI is InChI=1S/C20H21FN2O2S/c1-4-13(2)23-19(24)16-7-5-6-8-17(16)22-20(23)26-12-14-11-15(21)9-10-18(14)25-3/h5-11,13H,4,12H2,1-3H3/t13-/m1/s1. The molecule has 0 N–H and O–H groups in total. The highest BCUT2D eigenvalue weighted by molar-refractivity contribution is 7.98. The summed E-state index contributed by atoms with van der Waals surface area (Å²) in [5.74, 6) is 0.770. The Bertz CT molecular complexity index is 987. The minimum atomic E-state index is -0.313. The summed E-state index contributed by atoms with van der Waals surface area (Å²) in [6, 6.07) is 11.8. The van der Waals surface area contributed by atoms with Crippen molar-refractivity contribution in [2.45, 2.75) is 37.2 Å². The van der Waals surface area contributed by atoms with Gasteiger partial charge in [0.2, 0.25) is 0 Å². The van der Waals surface area contributed by atoms with Gasteiger partial charge in [-0.1, -0.05) is 30.8 Å². The van der Waals surface area contributed by atoms with Crippen LogP contribution in [0.1, 0.15) is 31.9 Å². The number of methoxy groups -OCH3 is 1. The first-order valence-electron chi connectivity index (χ1n) is 8.51. The van der Waals surface area contributed by atoms with Crippen molar-refractivity contribution in [3.05, 3.63) is 64.2 Å². The van der Waals surface area contributed by atoms with Crippen LogP contribution in [0.3, 0.4) is 0 Å². The van der Waals surface area contributed by atoms with Crippen LogP contribution in [0.5, 0.6) is 5.75 Å². The molecule has 3 rings (SSSR count). The second kappa shape index (κ2) is 7.91. The van der Waals surface area contributed by atoms with Crippen molar-refractivity contribution in [2.75, 3.05) is 7.11 Å². The first kappa shape index (κ1) is 18.5. The summed E-state index contributed by atoms with van der Waals surface area (Å²) in [4.78, 5) is 17.7. The maximum absolute atomic E-state index is 13.6. The van der Waals surface area contributed by atoms with Crippen LogP contribution in [0.2, 0.25) is 0 Å². The molecule has 0 saturated heterocycles. The highest BCUT2D eigenvalue weighted by Crippen LogP contribution is 2.29. The number of thioether (sulfide) groups is 1. The third kappa shape index (κ3) is 3.60. The van der Waals surface area contributed by atoms with Gasteiger partial charge in [0.25, 0.3) is 5.56 Å². The molecule has 0 aliphatic rings. The van der Waals surface area contributed by atoms with Crippen LogP contribution in [-0.4, -0.2) is 16.7 Å². The Hall–Kier alpha value is -2.34. The molecule has 0 aliphatic heterocycles. The number of halogens is 1. The molecule has 0 saturated carbocycles. The van der Waals surface area contributed by atoms with E-state index in [0.717, 1.165) is 12.0 Å². The summed E-state index contributed by atoms with van der Waals surface area (Å²) in [6.07, 6.45) is 0.816. The van der Waals surface area contributed by atoms with Crippen LogP contribution in [0, 0.1) is 5.82 Å². The van der Waals surface area contributed by atoms with Gasteiger partial charge in [0.15, 0.2) is 5.16 Å². The Morgan fingerprint density at radius 3 is 2.77 bits per heavy atom. The molecule has 1 heterocycles. The second-order valence-corrected chi connectivity index (χ2v) is 7.03. The van der Waals surface area contributed by atoms with Gasteiger partial charge in [-0.05, 0) is 43.7 Å². The van der Waals surface area contributed by atoms with Crippen LogP contribution in [-0.2, 0) is 5.75 Å². The predicted octanol–water partition coefficient (Wildman–Crippen LogP) is 4.81. The lowest BCUT2D eigenvalue weighted by atomic mass is 10.2. The zero-order chi connectivity index (χ0) is 18.7. The molecule has 2 aromatic carbocycles. The van der Waals surface area contributed by atoms with E-state index in [9.17, 15) is 9.18 Å². The molecule has 3 aromatic rings. The number of ether oxygens (including phenoxy) is 1. The fourth-order valence-electron chi connectivity index (χ4n) is 2.80. The van der Waals surface area contributed by atoms with Gasteiger partial charge in [0, 0.05) is 17.4 Å².